The van der Waals surface area contributed by atoms with Crippen LogP contribution in [-0.2, 0) is 9.53 Å². The molecule has 96 valence electrons. The molecule has 0 bridgehead atoms. The van der Waals surface area contributed by atoms with Crippen LogP contribution in [0.25, 0.3) is 0 Å². The summed E-state index contributed by atoms with van der Waals surface area (Å²) in [5.41, 5.74) is 5.61. The molecule has 1 saturated heterocycles. The van der Waals surface area contributed by atoms with E-state index in [1.165, 1.54) is 0 Å². The lowest BCUT2D eigenvalue weighted by Crippen LogP contribution is -2.45. The first-order valence-corrected chi connectivity index (χ1v) is 5.75. The van der Waals surface area contributed by atoms with Gasteiger partial charge in [-0.05, 0) is 25.2 Å². The molecule has 0 aromatic carbocycles. The second kappa shape index (κ2) is 7.87. The SMILES string of the molecule is CC(C)CC(CN)NC(=O)C1CCCO1.Cl. The summed E-state index contributed by atoms with van der Waals surface area (Å²) < 4.78 is 5.31. The molecule has 4 nitrogen and oxygen atoms in total. The molecule has 5 heteroatoms. The molecule has 0 saturated carbocycles. The second-order valence-electron chi connectivity index (χ2n) is 4.57. The molecule has 1 heterocycles. The molecule has 0 radical (unpaired) electrons. The maximum absolute atomic E-state index is 11.7. The Bertz CT molecular complexity index is 206. The first-order valence-electron chi connectivity index (χ1n) is 5.75. The first kappa shape index (κ1) is 15.7. The van der Waals surface area contributed by atoms with E-state index in [-0.39, 0.29) is 30.5 Å². The van der Waals surface area contributed by atoms with Gasteiger partial charge in [-0.3, -0.25) is 4.79 Å². The average Bonchev–Trinajstić information content (AvgIpc) is 2.68. The molecule has 0 aromatic rings. The van der Waals surface area contributed by atoms with Crippen molar-refractivity contribution in [3.63, 3.8) is 0 Å². The van der Waals surface area contributed by atoms with Gasteiger partial charge in [-0.2, -0.15) is 0 Å². The number of carbonyl (C=O) groups is 1. The molecule has 1 rings (SSSR count). The summed E-state index contributed by atoms with van der Waals surface area (Å²) in [4.78, 5) is 11.7. The summed E-state index contributed by atoms with van der Waals surface area (Å²) in [5.74, 6) is 0.548. The van der Waals surface area contributed by atoms with Crippen LogP contribution in [0.5, 0.6) is 0 Å². The van der Waals surface area contributed by atoms with Gasteiger partial charge in [0.15, 0.2) is 0 Å². The Morgan fingerprint density at radius 2 is 2.25 bits per heavy atom. The highest BCUT2D eigenvalue weighted by Gasteiger charge is 2.25. The highest BCUT2D eigenvalue weighted by atomic mass is 35.5. The lowest BCUT2D eigenvalue weighted by molar-refractivity contribution is -0.130. The summed E-state index contributed by atoms with van der Waals surface area (Å²) in [7, 11) is 0. The Kier molecular flexibility index (Phi) is 7.72. The van der Waals surface area contributed by atoms with Crippen LogP contribution in [-0.4, -0.2) is 31.2 Å². The monoisotopic (exact) mass is 250 g/mol. The predicted molar refractivity (Wildman–Crippen MR) is 66.7 cm³/mol. The van der Waals surface area contributed by atoms with Gasteiger partial charge in [0, 0.05) is 19.2 Å². The number of hydrogen-bond acceptors (Lipinski definition) is 3. The third-order valence-corrected chi connectivity index (χ3v) is 2.61. The van der Waals surface area contributed by atoms with Gasteiger partial charge in [-0.15, -0.1) is 12.4 Å². The van der Waals surface area contributed by atoms with Crippen LogP contribution in [0.1, 0.15) is 33.1 Å². The van der Waals surface area contributed by atoms with Gasteiger partial charge in [0.2, 0.25) is 5.91 Å². The molecule has 0 aliphatic carbocycles. The van der Waals surface area contributed by atoms with Crippen LogP contribution >= 0.6 is 12.4 Å². The molecule has 1 fully saturated rings. The Morgan fingerprint density at radius 3 is 2.69 bits per heavy atom. The number of ether oxygens (including phenoxy) is 1. The predicted octanol–water partition coefficient (Wildman–Crippen LogP) is 1.08. The molecule has 0 aromatic heterocycles. The summed E-state index contributed by atoms with van der Waals surface area (Å²) in [6.45, 7) is 5.45. The van der Waals surface area contributed by atoms with E-state index in [4.69, 9.17) is 10.5 Å². The van der Waals surface area contributed by atoms with Crippen LogP contribution in [0.2, 0.25) is 0 Å². The van der Waals surface area contributed by atoms with Gasteiger partial charge >= 0.3 is 0 Å². The fourth-order valence-electron chi connectivity index (χ4n) is 1.86. The van der Waals surface area contributed by atoms with Gasteiger partial charge in [0.05, 0.1) is 0 Å². The smallest absolute Gasteiger partial charge is 0.249 e. The summed E-state index contributed by atoms with van der Waals surface area (Å²) in [6, 6.07) is 0.0849. The zero-order valence-corrected chi connectivity index (χ0v) is 10.9. The molecule has 0 spiro atoms. The molecule has 2 unspecified atom stereocenters. The van der Waals surface area contributed by atoms with E-state index in [0.717, 1.165) is 19.3 Å². The van der Waals surface area contributed by atoms with Crippen molar-refractivity contribution in [2.24, 2.45) is 11.7 Å². The number of halogens is 1. The fraction of sp³-hybridized carbons (Fsp3) is 0.909. The zero-order chi connectivity index (χ0) is 11.3. The largest absolute Gasteiger partial charge is 0.368 e. The Balaban J connectivity index is 0.00000225. The number of nitrogens with one attached hydrogen (secondary N) is 1. The minimum Gasteiger partial charge on any atom is -0.368 e. The lowest BCUT2D eigenvalue weighted by Gasteiger charge is -2.20. The highest BCUT2D eigenvalue weighted by Crippen LogP contribution is 2.12. The minimum atomic E-state index is -0.244. The van der Waals surface area contributed by atoms with E-state index in [0.29, 0.717) is 19.1 Å². The summed E-state index contributed by atoms with van der Waals surface area (Å²) >= 11 is 0. The third kappa shape index (κ3) is 5.14. The maximum Gasteiger partial charge on any atom is 0.249 e. The molecule has 16 heavy (non-hydrogen) atoms. The molecule has 1 amide bonds. The Labute approximate surface area is 104 Å². The number of rotatable bonds is 5. The van der Waals surface area contributed by atoms with Gasteiger partial charge in [-0.25, -0.2) is 0 Å². The first-order chi connectivity index (χ1) is 7.13. The molecule has 3 N–H and O–H groups in total. The molecular weight excluding hydrogens is 228 g/mol. The fourth-order valence-corrected chi connectivity index (χ4v) is 1.86. The molecule has 2 atom stereocenters. The van der Waals surface area contributed by atoms with Crippen LogP contribution in [0.3, 0.4) is 0 Å². The van der Waals surface area contributed by atoms with Crippen molar-refractivity contribution in [3.8, 4) is 0 Å². The minimum absolute atomic E-state index is 0. The third-order valence-electron chi connectivity index (χ3n) is 2.61. The van der Waals surface area contributed by atoms with Crippen LogP contribution in [0.4, 0.5) is 0 Å². The van der Waals surface area contributed by atoms with E-state index in [9.17, 15) is 4.79 Å². The topological polar surface area (TPSA) is 64.3 Å². The van der Waals surface area contributed by atoms with Crippen LogP contribution in [0, 0.1) is 5.92 Å². The van der Waals surface area contributed by atoms with Crippen molar-refractivity contribution in [2.75, 3.05) is 13.2 Å². The molecule has 1 aliphatic rings. The number of nitrogens with two attached hydrogens (primary N) is 1. The summed E-state index contributed by atoms with van der Waals surface area (Å²) in [5, 5.41) is 2.95. The van der Waals surface area contributed by atoms with E-state index in [2.05, 4.69) is 19.2 Å². The van der Waals surface area contributed by atoms with E-state index in [1.807, 2.05) is 0 Å². The highest BCUT2D eigenvalue weighted by molar-refractivity contribution is 5.85. The normalized spacial score (nSPS) is 21.6. The maximum atomic E-state index is 11.7. The number of hydrogen-bond donors (Lipinski definition) is 2. The average molecular weight is 251 g/mol. The Hall–Kier alpha value is -0.320. The standard InChI is InChI=1S/C11H22N2O2.ClH/c1-8(2)6-9(7-12)13-11(14)10-4-3-5-15-10;/h8-10H,3-7,12H2,1-2H3,(H,13,14);1H. The van der Waals surface area contributed by atoms with Gasteiger partial charge < -0.3 is 15.8 Å². The van der Waals surface area contributed by atoms with Crippen LogP contribution in [0.15, 0.2) is 0 Å². The van der Waals surface area contributed by atoms with E-state index >= 15 is 0 Å². The number of amides is 1. The van der Waals surface area contributed by atoms with Crippen molar-refractivity contribution in [3.05, 3.63) is 0 Å². The Morgan fingerprint density at radius 1 is 1.56 bits per heavy atom. The van der Waals surface area contributed by atoms with Crippen molar-refractivity contribution in [2.45, 2.75) is 45.3 Å². The summed E-state index contributed by atoms with van der Waals surface area (Å²) in [6.07, 6.45) is 2.50. The van der Waals surface area contributed by atoms with Crippen molar-refractivity contribution in [1.82, 2.24) is 5.32 Å². The van der Waals surface area contributed by atoms with Gasteiger partial charge in [0.25, 0.3) is 0 Å². The van der Waals surface area contributed by atoms with Crippen molar-refractivity contribution < 1.29 is 9.53 Å². The number of carbonyl (C=O) groups excluding carboxylic acids is 1. The second-order valence-corrected chi connectivity index (χ2v) is 4.57. The zero-order valence-electron chi connectivity index (χ0n) is 10.1. The van der Waals surface area contributed by atoms with Gasteiger partial charge in [0.1, 0.15) is 6.10 Å². The van der Waals surface area contributed by atoms with Crippen LogP contribution < -0.4 is 11.1 Å². The van der Waals surface area contributed by atoms with E-state index in [1.54, 1.807) is 0 Å². The molecule has 1 aliphatic heterocycles. The quantitative estimate of drug-likeness (QED) is 0.768. The lowest BCUT2D eigenvalue weighted by atomic mass is 10.0. The van der Waals surface area contributed by atoms with Gasteiger partial charge in [-0.1, -0.05) is 13.8 Å². The van der Waals surface area contributed by atoms with Crippen molar-refractivity contribution >= 4 is 18.3 Å². The van der Waals surface area contributed by atoms with E-state index < -0.39 is 0 Å². The molecular formula is C11H23ClN2O2. The van der Waals surface area contributed by atoms with Crippen molar-refractivity contribution in [1.29, 1.82) is 0 Å².